The third-order valence-corrected chi connectivity index (χ3v) is 2.97. The van der Waals surface area contributed by atoms with E-state index >= 15 is 0 Å². The van der Waals surface area contributed by atoms with Crippen molar-refractivity contribution in [2.75, 3.05) is 13.6 Å². The summed E-state index contributed by atoms with van der Waals surface area (Å²) in [4.78, 5) is 12.2. The standard InChI is InChI=1S/C11H14BrNO2/c1-8-5-9(3-4-10(8)12)6-13(2)7-11(14)15/h3-5H,6-7H2,1-2H3,(H,14,15). The maximum atomic E-state index is 10.5. The lowest BCUT2D eigenvalue weighted by atomic mass is 10.1. The normalized spacial score (nSPS) is 10.7. The van der Waals surface area contributed by atoms with E-state index in [4.69, 9.17) is 5.11 Å². The second kappa shape index (κ2) is 5.28. The van der Waals surface area contributed by atoms with Crippen molar-refractivity contribution in [3.8, 4) is 0 Å². The third-order valence-electron chi connectivity index (χ3n) is 2.08. The van der Waals surface area contributed by atoms with E-state index in [-0.39, 0.29) is 6.54 Å². The van der Waals surface area contributed by atoms with E-state index in [0.29, 0.717) is 6.54 Å². The van der Waals surface area contributed by atoms with Crippen molar-refractivity contribution in [2.45, 2.75) is 13.5 Å². The Morgan fingerprint density at radius 3 is 2.73 bits per heavy atom. The molecule has 1 N–H and O–H groups in total. The number of likely N-dealkylation sites (N-methyl/N-ethyl adjacent to an activating group) is 1. The van der Waals surface area contributed by atoms with Gasteiger partial charge in [-0.05, 0) is 31.2 Å². The summed E-state index contributed by atoms with van der Waals surface area (Å²) in [6.07, 6.45) is 0. The molecule has 0 saturated heterocycles. The molecule has 15 heavy (non-hydrogen) atoms. The Balaban J connectivity index is 2.64. The molecule has 3 nitrogen and oxygen atoms in total. The van der Waals surface area contributed by atoms with E-state index < -0.39 is 5.97 Å². The van der Waals surface area contributed by atoms with E-state index in [9.17, 15) is 4.79 Å². The summed E-state index contributed by atoms with van der Waals surface area (Å²) in [5, 5.41) is 8.61. The van der Waals surface area contributed by atoms with Gasteiger partial charge in [0.1, 0.15) is 0 Å². The van der Waals surface area contributed by atoms with Crippen molar-refractivity contribution in [1.29, 1.82) is 0 Å². The maximum Gasteiger partial charge on any atom is 0.317 e. The molecule has 0 unspecified atom stereocenters. The molecule has 1 rings (SSSR count). The minimum absolute atomic E-state index is 0.0646. The lowest BCUT2D eigenvalue weighted by Crippen LogP contribution is -2.25. The van der Waals surface area contributed by atoms with Crippen LogP contribution in [0.2, 0.25) is 0 Å². The molecule has 0 atom stereocenters. The number of rotatable bonds is 4. The molecule has 0 aromatic heterocycles. The molecule has 1 aromatic rings. The van der Waals surface area contributed by atoms with E-state index in [1.165, 1.54) is 0 Å². The van der Waals surface area contributed by atoms with Crippen LogP contribution in [-0.2, 0) is 11.3 Å². The average molecular weight is 272 g/mol. The fraction of sp³-hybridized carbons (Fsp3) is 0.364. The summed E-state index contributed by atoms with van der Waals surface area (Å²) in [6, 6.07) is 6.04. The van der Waals surface area contributed by atoms with Crippen LogP contribution in [0.4, 0.5) is 0 Å². The number of hydrogen-bond donors (Lipinski definition) is 1. The third kappa shape index (κ3) is 4.01. The first-order valence-electron chi connectivity index (χ1n) is 4.64. The lowest BCUT2D eigenvalue weighted by molar-refractivity contribution is -0.138. The quantitative estimate of drug-likeness (QED) is 0.914. The fourth-order valence-corrected chi connectivity index (χ4v) is 1.65. The summed E-state index contributed by atoms with van der Waals surface area (Å²) in [7, 11) is 1.80. The fourth-order valence-electron chi connectivity index (χ4n) is 1.40. The molecule has 0 fully saturated rings. The minimum atomic E-state index is -0.800. The topological polar surface area (TPSA) is 40.5 Å². The van der Waals surface area contributed by atoms with Crippen molar-refractivity contribution in [2.24, 2.45) is 0 Å². The molecule has 0 bridgehead atoms. The van der Waals surface area contributed by atoms with Gasteiger partial charge < -0.3 is 5.11 Å². The number of aliphatic carboxylic acids is 1. The Morgan fingerprint density at radius 2 is 2.20 bits per heavy atom. The number of nitrogens with zero attached hydrogens (tertiary/aromatic N) is 1. The highest BCUT2D eigenvalue weighted by Gasteiger charge is 2.05. The smallest absolute Gasteiger partial charge is 0.317 e. The van der Waals surface area contributed by atoms with E-state index in [1.807, 2.05) is 19.1 Å². The number of carboxylic acids is 1. The van der Waals surface area contributed by atoms with Crippen molar-refractivity contribution in [1.82, 2.24) is 4.90 Å². The van der Waals surface area contributed by atoms with Gasteiger partial charge in [0.25, 0.3) is 0 Å². The SMILES string of the molecule is Cc1cc(CN(C)CC(=O)O)ccc1Br. The lowest BCUT2D eigenvalue weighted by Gasteiger charge is -2.14. The average Bonchev–Trinajstić information content (AvgIpc) is 2.10. The first-order valence-corrected chi connectivity index (χ1v) is 5.43. The van der Waals surface area contributed by atoms with Gasteiger partial charge in [0.2, 0.25) is 0 Å². The Kier molecular flexibility index (Phi) is 4.29. The number of benzene rings is 1. The van der Waals surface area contributed by atoms with Crippen LogP contribution < -0.4 is 0 Å². The molecule has 0 amide bonds. The zero-order valence-electron chi connectivity index (χ0n) is 8.83. The second-order valence-corrected chi connectivity index (χ2v) is 4.50. The van der Waals surface area contributed by atoms with E-state index in [2.05, 4.69) is 22.0 Å². The molecule has 82 valence electrons. The van der Waals surface area contributed by atoms with Gasteiger partial charge in [-0.3, -0.25) is 9.69 Å². The summed E-state index contributed by atoms with van der Waals surface area (Å²) >= 11 is 3.43. The predicted molar refractivity (Wildman–Crippen MR) is 62.8 cm³/mol. The van der Waals surface area contributed by atoms with Gasteiger partial charge in [0.15, 0.2) is 0 Å². The first-order chi connectivity index (χ1) is 6.99. The maximum absolute atomic E-state index is 10.5. The Labute approximate surface area is 97.8 Å². The molecule has 0 aliphatic rings. The second-order valence-electron chi connectivity index (χ2n) is 3.65. The van der Waals surface area contributed by atoms with Crippen molar-refractivity contribution in [3.63, 3.8) is 0 Å². The summed E-state index contributed by atoms with van der Waals surface area (Å²) in [5.74, 6) is -0.800. The largest absolute Gasteiger partial charge is 0.480 e. The molecular weight excluding hydrogens is 258 g/mol. The van der Waals surface area contributed by atoms with Crippen LogP contribution in [0.3, 0.4) is 0 Å². The molecule has 0 radical (unpaired) electrons. The van der Waals surface area contributed by atoms with Crippen LogP contribution in [0.25, 0.3) is 0 Å². The minimum Gasteiger partial charge on any atom is -0.480 e. The molecule has 4 heteroatoms. The Hall–Kier alpha value is -0.870. The van der Waals surface area contributed by atoms with Gasteiger partial charge in [-0.25, -0.2) is 0 Å². The van der Waals surface area contributed by atoms with Crippen LogP contribution in [0.5, 0.6) is 0 Å². The molecule has 0 spiro atoms. The van der Waals surface area contributed by atoms with Crippen LogP contribution in [-0.4, -0.2) is 29.6 Å². The molecule has 0 aliphatic heterocycles. The first kappa shape index (κ1) is 12.2. The van der Waals surface area contributed by atoms with Crippen LogP contribution >= 0.6 is 15.9 Å². The van der Waals surface area contributed by atoms with Gasteiger partial charge in [0, 0.05) is 11.0 Å². The summed E-state index contributed by atoms with van der Waals surface area (Å²) < 4.78 is 1.08. The van der Waals surface area contributed by atoms with Gasteiger partial charge >= 0.3 is 5.97 Å². The van der Waals surface area contributed by atoms with Crippen LogP contribution in [0, 0.1) is 6.92 Å². The highest BCUT2D eigenvalue weighted by Crippen LogP contribution is 2.17. The molecule has 1 aromatic carbocycles. The van der Waals surface area contributed by atoms with Gasteiger partial charge in [0.05, 0.1) is 6.54 Å². The van der Waals surface area contributed by atoms with Crippen molar-refractivity contribution in [3.05, 3.63) is 33.8 Å². The van der Waals surface area contributed by atoms with Gasteiger partial charge in [-0.2, -0.15) is 0 Å². The predicted octanol–water partition coefficient (Wildman–Crippen LogP) is 2.27. The van der Waals surface area contributed by atoms with Crippen LogP contribution in [0.15, 0.2) is 22.7 Å². The highest BCUT2D eigenvalue weighted by molar-refractivity contribution is 9.10. The Bertz CT molecular complexity index is 366. The number of aryl methyl sites for hydroxylation is 1. The van der Waals surface area contributed by atoms with Crippen molar-refractivity contribution >= 4 is 21.9 Å². The van der Waals surface area contributed by atoms with Gasteiger partial charge in [-0.15, -0.1) is 0 Å². The molecular formula is C11H14BrNO2. The molecule has 0 heterocycles. The summed E-state index contributed by atoms with van der Waals surface area (Å²) in [5.41, 5.74) is 2.29. The summed E-state index contributed by atoms with van der Waals surface area (Å²) in [6.45, 7) is 2.74. The van der Waals surface area contributed by atoms with Crippen molar-refractivity contribution < 1.29 is 9.90 Å². The zero-order chi connectivity index (χ0) is 11.4. The molecule has 0 saturated carbocycles. The van der Waals surface area contributed by atoms with E-state index in [0.717, 1.165) is 15.6 Å². The number of carbonyl (C=O) groups is 1. The highest BCUT2D eigenvalue weighted by atomic mass is 79.9. The monoisotopic (exact) mass is 271 g/mol. The van der Waals surface area contributed by atoms with Gasteiger partial charge in [-0.1, -0.05) is 28.1 Å². The number of halogens is 1. The molecule has 0 aliphatic carbocycles. The number of hydrogen-bond acceptors (Lipinski definition) is 2. The van der Waals surface area contributed by atoms with E-state index in [1.54, 1.807) is 11.9 Å². The van der Waals surface area contributed by atoms with Crippen LogP contribution in [0.1, 0.15) is 11.1 Å². The number of carboxylic acid groups (broad SMARTS) is 1. The Morgan fingerprint density at radius 1 is 1.53 bits per heavy atom. The zero-order valence-corrected chi connectivity index (χ0v) is 10.4.